The van der Waals surface area contributed by atoms with Gasteiger partial charge in [-0.25, -0.2) is 0 Å². The fourth-order valence-electron chi connectivity index (χ4n) is 11.0. The van der Waals surface area contributed by atoms with Crippen molar-refractivity contribution in [2.24, 2.45) is 0 Å². The normalized spacial score (nSPS) is 12.6. The Kier molecular flexibility index (Phi) is 9.33. The maximum absolute atomic E-state index is 2.45. The Morgan fingerprint density at radius 1 is 0.299 bits per heavy atom. The molecule has 0 amide bonds. The number of nitrogens with zero attached hydrogens (tertiary/aromatic N) is 1. The second-order valence-corrected chi connectivity index (χ2v) is 18.7. The molecule has 12 aromatic rings. The van der Waals surface area contributed by atoms with E-state index < -0.39 is 5.41 Å². The van der Waals surface area contributed by atoms with Gasteiger partial charge in [0.05, 0.1) is 11.1 Å². The minimum Gasteiger partial charge on any atom is -0.310 e. The zero-order valence-corrected chi connectivity index (χ0v) is 37.5. The fourth-order valence-corrected chi connectivity index (χ4v) is 12.0. The molecule has 314 valence electrons. The highest BCUT2D eigenvalue weighted by Gasteiger charge is 2.46. The largest absolute Gasteiger partial charge is 0.310 e. The van der Waals surface area contributed by atoms with E-state index in [0.29, 0.717) is 0 Å². The maximum atomic E-state index is 2.45. The number of para-hydroxylation sites is 1. The molecule has 0 atom stereocenters. The van der Waals surface area contributed by atoms with Crippen LogP contribution in [-0.2, 0) is 5.41 Å². The number of hydrogen-bond donors (Lipinski definition) is 0. The SMILES string of the molecule is c1ccc(C2(c3ccccc3)c3ccccc3-c3ccc(-c4ccc(N(c5ccc6sc7ccccc7c6c5)c5ccccc5-c5cccc(-c6cccc7ccccc67)c5)cc4)cc32)cc1. The lowest BCUT2D eigenvalue weighted by molar-refractivity contribution is 0.769. The lowest BCUT2D eigenvalue weighted by Gasteiger charge is -2.34. The van der Waals surface area contributed by atoms with Gasteiger partial charge in [0.25, 0.3) is 0 Å². The van der Waals surface area contributed by atoms with Crippen LogP contribution in [0.5, 0.6) is 0 Å². The van der Waals surface area contributed by atoms with Crippen molar-refractivity contribution >= 4 is 59.3 Å². The monoisotopic (exact) mass is 869 g/mol. The van der Waals surface area contributed by atoms with Gasteiger partial charge in [0.15, 0.2) is 0 Å². The zero-order chi connectivity index (χ0) is 44.3. The topological polar surface area (TPSA) is 3.24 Å². The molecule has 11 aromatic carbocycles. The lowest BCUT2D eigenvalue weighted by atomic mass is 9.67. The van der Waals surface area contributed by atoms with Crippen LogP contribution < -0.4 is 4.90 Å². The second kappa shape index (κ2) is 16.0. The molecule has 13 rings (SSSR count). The van der Waals surface area contributed by atoms with Crippen LogP contribution in [0, 0.1) is 0 Å². The minimum absolute atomic E-state index is 0.458. The summed E-state index contributed by atoms with van der Waals surface area (Å²) < 4.78 is 2.59. The van der Waals surface area contributed by atoms with Crippen molar-refractivity contribution in [1.82, 2.24) is 0 Å². The highest BCUT2D eigenvalue weighted by molar-refractivity contribution is 7.25. The van der Waals surface area contributed by atoms with Crippen LogP contribution in [0.4, 0.5) is 17.1 Å². The summed E-state index contributed by atoms with van der Waals surface area (Å²) in [7, 11) is 0. The first-order valence-corrected chi connectivity index (χ1v) is 23.9. The fraction of sp³-hybridized carbons (Fsp3) is 0.0154. The summed E-state index contributed by atoms with van der Waals surface area (Å²) in [6, 6.07) is 96.4. The smallest absolute Gasteiger partial charge is 0.0713 e. The molecule has 0 N–H and O–H groups in total. The molecule has 0 fully saturated rings. The molecule has 1 heterocycles. The Hall–Kier alpha value is -8.30. The van der Waals surface area contributed by atoms with Crippen molar-refractivity contribution in [2.45, 2.75) is 5.41 Å². The minimum atomic E-state index is -0.458. The number of hydrogen-bond acceptors (Lipinski definition) is 2. The summed E-state index contributed by atoms with van der Waals surface area (Å²) in [6.45, 7) is 0. The van der Waals surface area contributed by atoms with Crippen molar-refractivity contribution in [1.29, 1.82) is 0 Å². The first-order chi connectivity index (χ1) is 33.2. The lowest BCUT2D eigenvalue weighted by Crippen LogP contribution is -2.28. The van der Waals surface area contributed by atoms with Gasteiger partial charge in [0.2, 0.25) is 0 Å². The summed E-state index contributed by atoms with van der Waals surface area (Å²) in [6.07, 6.45) is 0. The van der Waals surface area contributed by atoms with Gasteiger partial charge in [0, 0.05) is 37.1 Å². The molecule has 67 heavy (non-hydrogen) atoms. The third kappa shape index (κ3) is 6.37. The highest BCUT2D eigenvalue weighted by atomic mass is 32.1. The molecule has 1 aromatic heterocycles. The van der Waals surface area contributed by atoms with Gasteiger partial charge >= 0.3 is 0 Å². The standard InChI is InChI=1S/C65H43NS/c1-3-21-49(22-4-1)65(50-23-5-2-6-24-50)60-30-12-9-27-56(60)57-39-35-46(42-61(57)65)44-33-36-51(37-34-44)66(52-38-40-64-59(43-52)58-28-11-14-32-63(58)67-64)62-31-13-10-26-55(62)48-20-15-19-47(41-48)54-29-16-18-45-17-7-8-25-53(45)54/h1-43H. The first-order valence-electron chi connectivity index (χ1n) is 23.1. The van der Waals surface area contributed by atoms with Crippen molar-refractivity contribution in [3.8, 4) is 44.5 Å². The van der Waals surface area contributed by atoms with Crippen molar-refractivity contribution in [3.05, 3.63) is 283 Å². The Morgan fingerprint density at radius 2 is 0.866 bits per heavy atom. The first kappa shape index (κ1) is 39.1. The Bertz CT molecular complexity index is 3760. The molecule has 0 saturated heterocycles. The average Bonchev–Trinajstić information content (AvgIpc) is 3.93. The predicted octanol–water partition coefficient (Wildman–Crippen LogP) is 18.0. The molecule has 2 heteroatoms. The molecular formula is C65H43NS. The molecule has 1 nitrogen and oxygen atoms in total. The summed E-state index contributed by atoms with van der Waals surface area (Å²) in [4.78, 5) is 2.45. The third-order valence-electron chi connectivity index (χ3n) is 14.0. The van der Waals surface area contributed by atoms with Crippen LogP contribution in [0.15, 0.2) is 261 Å². The van der Waals surface area contributed by atoms with E-state index in [1.807, 2.05) is 11.3 Å². The van der Waals surface area contributed by atoms with E-state index in [-0.39, 0.29) is 0 Å². The summed E-state index contributed by atoms with van der Waals surface area (Å²) in [5.74, 6) is 0. The highest BCUT2D eigenvalue weighted by Crippen LogP contribution is 2.57. The molecule has 0 unspecified atom stereocenters. The number of benzene rings is 11. The molecule has 1 aliphatic rings. The van der Waals surface area contributed by atoms with Crippen LogP contribution in [0.3, 0.4) is 0 Å². The molecule has 0 radical (unpaired) electrons. The van der Waals surface area contributed by atoms with E-state index in [1.165, 1.54) is 97.7 Å². The summed E-state index contributed by atoms with van der Waals surface area (Å²) >= 11 is 1.86. The van der Waals surface area contributed by atoms with E-state index in [0.717, 1.165) is 17.1 Å². The van der Waals surface area contributed by atoms with Gasteiger partial charge < -0.3 is 4.90 Å². The average molecular weight is 870 g/mol. The van der Waals surface area contributed by atoms with E-state index in [9.17, 15) is 0 Å². The van der Waals surface area contributed by atoms with Gasteiger partial charge in [-0.1, -0.05) is 206 Å². The van der Waals surface area contributed by atoms with Crippen molar-refractivity contribution < 1.29 is 0 Å². The summed E-state index contributed by atoms with van der Waals surface area (Å²) in [5.41, 5.74) is 17.8. The van der Waals surface area contributed by atoms with Gasteiger partial charge in [-0.3, -0.25) is 0 Å². The second-order valence-electron chi connectivity index (χ2n) is 17.6. The number of anilines is 3. The number of thiophene rings is 1. The van der Waals surface area contributed by atoms with E-state index in [2.05, 4.69) is 266 Å². The summed E-state index contributed by atoms with van der Waals surface area (Å²) in [5, 5.41) is 5.06. The molecule has 0 saturated carbocycles. The molecule has 0 spiro atoms. The third-order valence-corrected chi connectivity index (χ3v) is 15.1. The molecule has 0 aliphatic heterocycles. The number of rotatable bonds is 8. The molecule has 1 aliphatic carbocycles. The van der Waals surface area contributed by atoms with E-state index in [4.69, 9.17) is 0 Å². The van der Waals surface area contributed by atoms with Crippen molar-refractivity contribution in [3.63, 3.8) is 0 Å². The van der Waals surface area contributed by atoms with E-state index in [1.54, 1.807) is 0 Å². The van der Waals surface area contributed by atoms with Crippen LogP contribution in [0.25, 0.3) is 75.5 Å². The quantitative estimate of drug-likeness (QED) is 0.147. The van der Waals surface area contributed by atoms with Crippen molar-refractivity contribution in [2.75, 3.05) is 4.90 Å². The molecular weight excluding hydrogens is 827 g/mol. The van der Waals surface area contributed by atoms with Gasteiger partial charge in [-0.2, -0.15) is 0 Å². The maximum Gasteiger partial charge on any atom is 0.0713 e. The van der Waals surface area contributed by atoms with Crippen LogP contribution in [0.2, 0.25) is 0 Å². The van der Waals surface area contributed by atoms with Gasteiger partial charge in [-0.05, 0) is 127 Å². The zero-order valence-electron chi connectivity index (χ0n) is 36.7. The Labute approximate surface area is 395 Å². The molecule has 0 bridgehead atoms. The Morgan fingerprint density at radius 3 is 1.67 bits per heavy atom. The van der Waals surface area contributed by atoms with Gasteiger partial charge in [0.1, 0.15) is 0 Å². The van der Waals surface area contributed by atoms with Crippen LogP contribution in [-0.4, -0.2) is 0 Å². The van der Waals surface area contributed by atoms with Gasteiger partial charge in [-0.15, -0.1) is 11.3 Å². The Balaban J connectivity index is 0.962. The predicted molar refractivity (Wildman–Crippen MR) is 285 cm³/mol. The number of fused-ring (bicyclic) bond motifs is 7. The van der Waals surface area contributed by atoms with E-state index >= 15 is 0 Å². The van der Waals surface area contributed by atoms with Crippen LogP contribution >= 0.6 is 11.3 Å². The van der Waals surface area contributed by atoms with Crippen LogP contribution in [0.1, 0.15) is 22.3 Å².